The van der Waals surface area contributed by atoms with Crippen LogP contribution in [0.15, 0.2) is 29.3 Å². The summed E-state index contributed by atoms with van der Waals surface area (Å²) in [6.07, 6.45) is 1.80. The van der Waals surface area contributed by atoms with Gasteiger partial charge in [0.2, 0.25) is 0 Å². The molecule has 1 rings (SSSR count). The predicted octanol–water partition coefficient (Wildman–Crippen LogP) is 2.59. The van der Waals surface area contributed by atoms with E-state index in [2.05, 4.69) is 62.4 Å². The third-order valence-corrected chi connectivity index (χ3v) is 2.41. The number of benzene rings is 1. The fourth-order valence-corrected chi connectivity index (χ4v) is 1.58. The van der Waals surface area contributed by atoms with Crippen LogP contribution < -0.4 is 11.3 Å². The molecule has 17 heavy (non-hydrogen) atoms. The number of aliphatic imine (C=N–C) groups is 1. The van der Waals surface area contributed by atoms with Gasteiger partial charge in [0.1, 0.15) is 5.84 Å². The maximum atomic E-state index is 5.49. The van der Waals surface area contributed by atoms with Gasteiger partial charge in [-0.05, 0) is 39.7 Å². The van der Waals surface area contributed by atoms with Crippen LogP contribution in [0.3, 0.4) is 0 Å². The summed E-state index contributed by atoms with van der Waals surface area (Å²) in [4.78, 5) is 4.54. The van der Waals surface area contributed by atoms with E-state index >= 15 is 0 Å². The molecule has 1 aromatic carbocycles. The van der Waals surface area contributed by atoms with Gasteiger partial charge >= 0.3 is 0 Å². The summed E-state index contributed by atoms with van der Waals surface area (Å²) in [7, 11) is 0. The minimum Gasteiger partial charge on any atom is -0.312 e. The number of hydrogen-bond acceptors (Lipinski definition) is 2. The third-order valence-electron chi connectivity index (χ3n) is 2.41. The van der Waals surface area contributed by atoms with Crippen molar-refractivity contribution in [3.8, 4) is 0 Å². The van der Waals surface area contributed by atoms with Gasteiger partial charge in [-0.25, -0.2) is 5.84 Å². The minimum absolute atomic E-state index is 0.0883. The summed E-state index contributed by atoms with van der Waals surface area (Å²) in [6, 6.07) is 8.57. The smallest absolute Gasteiger partial charge is 0.111 e. The summed E-state index contributed by atoms with van der Waals surface area (Å²) < 4.78 is 0. The van der Waals surface area contributed by atoms with Crippen molar-refractivity contribution in [3.05, 3.63) is 35.4 Å². The zero-order chi connectivity index (χ0) is 12.9. The molecular formula is C14H23N3. The lowest BCUT2D eigenvalue weighted by Gasteiger charge is -2.15. The highest BCUT2D eigenvalue weighted by Crippen LogP contribution is 2.09. The standard InChI is InChI=1S/C14H23N3/c1-11-5-7-12(8-6-11)9-10-13(17-15)16-14(2,3)4/h5-8H,9-10,15H2,1-4H3,(H,16,17). The number of nitrogens with one attached hydrogen (secondary N) is 1. The molecule has 3 nitrogen and oxygen atoms in total. The summed E-state index contributed by atoms with van der Waals surface area (Å²) in [5.41, 5.74) is 5.20. The van der Waals surface area contributed by atoms with E-state index in [1.165, 1.54) is 11.1 Å². The van der Waals surface area contributed by atoms with Gasteiger partial charge in [0.15, 0.2) is 0 Å². The summed E-state index contributed by atoms with van der Waals surface area (Å²) in [5, 5.41) is 0. The summed E-state index contributed by atoms with van der Waals surface area (Å²) >= 11 is 0. The van der Waals surface area contributed by atoms with Crippen LogP contribution in [0.25, 0.3) is 0 Å². The molecule has 0 spiro atoms. The van der Waals surface area contributed by atoms with E-state index in [0.717, 1.165) is 18.7 Å². The second-order valence-electron chi connectivity index (χ2n) is 5.36. The average molecular weight is 233 g/mol. The molecule has 0 radical (unpaired) electrons. The molecule has 3 heteroatoms. The van der Waals surface area contributed by atoms with Crippen molar-refractivity contribution in [2.24, 2.45) is 10.8 Å². The van der Waals surface area contributed by atoms with Crippen molar-refractivity contribution in [2.45, 2.75) is 46.1 Å². The highest BCUT2D eigenvalue weighted by molar-refractivity contribution is 5.82. The van der Waals surface area contributed by atoms with Crippen molar-refractivity contribution in [1.29, 1.82) is 0 Å². The second-order valence-corrected chi connectivity index (χ2v) is 5.36. The quantitative estimate of drug-likeness (QED) is 0.365. The molecule has 0 unspecified atom stereocenters. The number of rotatable bonds is 3. The zero-order valence-corrected chi connectivity index (χ0v) is 11.2. The van der Waals surface area contributed by atoms with Gasteiger partial charge in [-0.2, -0.15) is 0 Å². The molecule has 0 bridgehead atoms. The van der Waals surface area contributed by atoms with Crippen LogP contribution in [0.1, 0.15) is 38.3 Å². The Morgan fingerprint density at radius 3 is 2.29 bits per heavy atom. The summed E-state index contributed by atoms with van der Waals surface area (Å²) in [6.45, 7) is 8.29. The third kappa shape index (κ3) is 5.50. The van der Waals surface area contributed by atoms with Gasteiger partial charge in [-0.1, -0.05) is 29.8 Å². The molecule has 0 aromatic heterocycles. The van der Waals surface area contributed by atoms with E-state index in [9.17, 15) is 0 Å². The van der Waals surface area contributed by atoms with Crippen molar-refractivity contribution >= 4 is 5.84 Å². The van der Waals surface area contributed by atoms with Crippen molar-refractivity contribution in [1.82, 2.24) is 5.43 Å². The highest BCUT2D eigenvalue weighted by atomic mass is 15.3. The average Bonchev–Trinajstić information content (AvgIpc) is 2.25. The van der Waals surface area contributed by atoms with Gasteiger partial charge in [-0.15, -0.1) is 0 Å². The number of hydrogen-bond donors (Lipinski definition) is 2. The molecule has 1 aromatic rings. The van der Waals surface area contributed by atoms with Crippen molar-refractivity contribution in [2.75, 3.05) is 0 Å². The Balaban J connectivity index is 2.59. The van der Waals surface area contributed by atoms with Crippen LogP contribution >= 0.6 is 0 Å². The van der Waals surface area contributed by atoms with Crippen molar-refractivity contribution in [3.63, 3.8) is 0 Å². The SMILES string of the molecule is Cc1ccc(CCC(=NC(C)(C)C)NN)cc1. The molecule has 0 saturated heterocycles. The van der Waals surface area contributed by atoms with E-state index in [1.807, 2.05) is 0 Å². The van der Waals surface area contributed by atoms with Gasteiger partial charge in [0.05, 0.1) is 5.54 Å². The van der Waals surface area contributed by atoms with Crippen LogP contribution in [0, 0.1) is 6.92 Å². The molecule has 0 aliphatic heterocycles. The Hall–Kier alpha value is -1.35. The second kappa shape index (κ2) is 5.82. The number of aryl methyl sites for hydroxylation is 2. The van der Waals surface area contributed by atoms with Crippen LogP contribution in [0.5, 0.6) is 0 Å². The largest absolute Gasteiger partial charge is 0.312 e. The predicted molar refractivity (Wildman–Crippen MR) is 74.0 cm³/mol. The zero-order valence-electron chi connectivity index (χ0n) is 11.2. The number of amidine groups is 1. The Bertz CT molecular complexity index is 371. The van der Waals surface area contributed by atoms with E-state index < -0.39 is 0 Å². The minimum atomic E-state index is -0.0883. The first-order valence-electron chi connectivity index (χ1n) is 6.01. The van der Waals surface area contributed by atoms with Gasteiger partial charge in [0, 0.05) is 6.42 Å². The Labute approximate surface area is 104 Å². The molecule has 0 heterocycles. The number of hydrazine groups is 1. The molecule has 94 valence electrons. The Morgan fingerprint density at radius 2 is 1.82 bits per heavy atom. The van der Waals surface area contributed by atoms with E-state index in [1.54, 1.807) is 0 Å². The molecule has 3 N–H and O–H groups in total. The van der Waals surface area contributed by atoms with Gasteiger partial charge < -0.3 is 5.43 Å². The lowest BCUT2D eigenvalue weighted by Crippen LogP contribution is -2.33. The molecule has 0 amide bonds. The van der Waals surface area contributed by atoms with E-state index in [-0.39, 0.29) is 5.54 Å². The molecule has 0 fully saturated rings. The number of nitrogens with zero attached hydrogens (tertiary/aromatic N) is 1. The maximum Gasteiger partial charge on any atom is 0.111 e. The van der Waals surface area contributed by atoms with Crippen LogP contribution in [-0.2, 0) is 6.42 Å². The molecule has 0 aliphatic rings. The Morgan fingerprint density at radius 1 is 1.24 bits per heavy atom. The summed E-state index contributed by atoms with van der Waals surface area (Å²) in [5.74, 6) is 6.35. The molecule has 0 saturated carbocycles. The first-order valence-corrected chi connectivity index (χ1v) is 6.01. The first kappa shape index (κ1) is 13.7. The normalized spacial score (nSPS) is 12.6. The van der Waals surface area contributed by atoms with E-state index in [4.69, 9.17) is 5.84 Å². The van der Waals surface area contributed by atoms with Gasteiger partial charge in [-0.3, -0.25) is 4.99 Å². The van der Waals surface area contributed by atoms with E-state index in [0.29, 0.717) is 0 Å². The molecular weight excluding hydrogens is 210 g/mol. The number of nitrogens with two attached hydrogens (primary N) is 1. The van der Waals surface area contributed by atoms with Crippen molar-refractivity contribution < 1.29 is 0 Å². The lowest BCUT2D eigenvalue weighted by atomic mass is 10.1. The monoisotopic (exact) mass is 233 g/mol. The fourth-order valence-electron chi connectivity index (χ4n) is 1.58. The topological polar surface area (TPSA) is 50.4 Å². The lowest BCUT2D eigenvalue weighted by molar-refractivity contribution is 0.576. The molecule has 0 aliphatic carbocycles. The highest BCUT2D eigenvalue weighted by Gasteiger charge is 2.09. The fraction of sp³-hybridized carbons (Fsp3) is 0.500. The van der Waals surface area contributed by atoms with Gasteiger partial charge in [0.25, 0.3) is 0 Å². The van der Waals surface area contributed by atoms with Crippen LogP contribution in [-0.4, -0.2) is 11.4 Å². The Kier molecular flexibility index (Phi) is 4.70. The van der Waals surface area contributed by atoms with Crippen LogP contribution in [0.4, 0.5) is 0 Å². The first-order chi connectivity index (χ1) is 7.90. The maximum absolute atomic E-state index is 5.49. The van der Waals surface area contributed by atoms with Crippen LogP contribution in [0.2, 0.25) is 0 Å². The molecule has 0 atom stereocenters.